The average Bonchev–Trinajstić information content (AvgIpc) is 3.17. The third-order valence-electron chi connectivity index (χ3n) is 5.43. The van der Waals surface area contributed by atoms with Gasteiger partial charge in [-0.15, -0.1) is 0 Å². The molecule has 0 aliphatic carbocycles. The van der Waals surface area contributed by atoms with Crippen LogP contribution in [0.1, 0.15) is 17.0 Å². The van der Waals surface area contributed by atoms with Gasteiger partial charge in [-0.25, -0.2) is 21.9 Å². The third-order valence-corrected chi connectivity index (χ3v) is 6.84. The Morgan fingerprint density at radius 2 is 1.62 bits per heavy atom. The van der Waals surface area contributed by atoms with Gasteiger partial charge in [-0.3, -0.25) is 0 Å². The standard InChI is InChI=1S/C24H23F2N3O2S/c1-29(2)19-9-7-16(8-10-19)22(23-14-27-24-6-4-3-5-21(23)24)15-28-32(30,31)20-12-17(25)11-18(26)13-20/h3-14,22,27-28H,15H2,1-2H3. The number of H-pyrrole nitrogens is 1. The molecule has 8 heteroatoms. The molecule has 1 unspecified atom stereocenters. The average molecular weight is 456 g/mol. The van der Waals surface area contributed by atoms with E-state index in [1.54, 1.807) is 0 Å². The van der Waals surface area contributed by atoms with Crippen LogP contribution in [0.25, 0.3) is 10.9 Å². The lowest BCUT2D eigenvalue weighted by Gasteiger charge is -2.20. The summed E-state index contributed by atoms with van der Waals surface area (Å²) in [6.45, 7) is 0.0175. The minimum absolute atomic E-state index is 0.0175. The first-order chi connectivity index (χ1) is 15.2. The summed E-state index contributed by atoms with van der Waals surface area (Å²) in [5, 5.41) is 0.977. The predicted molar refractivity (Wildman–Crippen MR) is 122 cm³/mol. The number of hydrogen-bond donors (Lipinski definition) is 2. The molecule has 32 heavy (non-hydrogen) atoms. The molecule has 3 aromatic carbocycles. The van der Waals surface area contributed by atoms with Gasteiger partial charge in [-0.05, 0) is 41.5 Å². The molecular formula is C24H23F2N3O2S. The molecule has 0 saturated carbocycles. The van der Waals surface area contributed by atoms with E-state index in [-0.39, 0.29) is 12.5 Å². The zero-order valence-corrected chi connectivity index (χ0v) is 18.5. The lowest BCUT2D eigenvalue weighted by atomic mass is 9.91. The smallest absolute Gasteiger partial charge is 0.240 e. The number of rotatable bonds is 7. The molecule has 5 nitrogen and oxygen atoms in total. The summed E-state index contributed by atoms with van der Waals surface area (Å²) in [7, 11) is -0.237. The van der Waals surface area contributed by atoms with Crippen molar-refractivity contribution in [2.45, 2.75) is 10.8 Å². The molecule has 0 saturated heterocycles. The molecule has 1 heterocycles. The minimum Gasteiger partial charge on any atom is -0.378 e. The second kappa shape index (κ2) is 8.72. The number of anilines is 1. The number of halogens is 2. The Labute approximate surface area is 185 Å². The summed E-state index contributed by atoms with van der Waals surface area (Å²) in [5.74, 6) is -2.22. The molecule has 0 aliphatic rings. The molecular weight excluding hydrogens is 432 g/mol. The van der Waals surface area contributed by atoms with E-state index >= 15 is 0 Å². The Bertz CT molecular complexity index is 1330. The van der Waals surface area contributed by atoms with Gasteiger partial charge in [0.05, 0.1) is 4.90 Å². The van der Waals surface area contributed by atoms with Crippen molar-refractivity contribution in [2.75, 3.05) is 25.5 Å². The van der Waals surface area contributed by atoms with Crippen molar-refractivity contribution >= 4 is 26.6 Å². The van der Waals surface area contributed by atoms with Crippen LogP contribution in [-0.4, -0.2) is 34.0 Å². The monoisotopic (exact) mass is 455 g/mol. The highest BCUT2D eigenvalue weighted by atomic mass is 32.2. The van der Waals surface area contributed by atoms with E-state index in [1.807, 2.05) is 73.7 Å². The van der Waals surface area contributed by atoms with Crippen molar-refractivity contribution in [3.63, 3.8) is 0 Å². The summed E-state index contributed by atoms with van der Waals surface area (Å²) in [6, 6.07) is 17.9. The SMILES string of the molecule is CN(C)c1ccc(C(CNS(=O)(=O)c2cc(F)cc(F)c2)c2c[nH]c3ccccc23)cc1. The number of hydrogen-bond acceptors (Lipinski definition) is 3. The van der Waals surface area contributed by atoms with Crippen molar-refractivity contribution in [1.82, 2.24) is 9.71 Å². The Hall–Kier alpha value is -3.23. The van der Waals surface area contributed by atoms with Crippen LogP contribution in [0.15, 0.2) is 77.8 Å². The third kappa shape index (κ3) is 4.51. The number of aromatic nitrogens is 1. The predicted octanol–water partition coefficient (Wildman–Crippen LogP) is 4.62. The van der Waals surface area contributed by atoms with E-state index < -0.39 is 26.6 Å². The number of para-hydroxylation sites is 1. The Balaban J connectivity index is 1.71. The Morgan fingerprint density at radius 1 is 0.969 bits per heavy atom. The second-order valence-corrected chi connectivity index (χ2v) is 9.55. The van der Waals surface area contributed by atoms with Crippen LogP contribution in [0.4, 0.5) is 14.5 Å². The molecule has 0 spiro atoms. The topological polar surface area (TPSA) is 65.2 Å². The summed E-state index contributed by atoms with van der Waals surface area (Å²) in [5.41, 5.74) is 3.79. The van der Waals surface area contributed by atoms with Gasteiger partial charge in [-0.1, -0.05) is 30.3 Å². The molecule has 0 fully saturated rings. The number of nitrogens with zero attached hydrogens (tertiary/aromatic N) is 1. The van der Waals surface area contributed by atoms with Crippen molar-refractivity contribution in [3.05, 3.63) is 95.7 Å². The lowest BCUT2D eigenvalue weighted by Crippen LogP contribution is -2.29. The fourth-order valence-corrected chi connectivity index (χ4v) is 4.84. The largest absolute Gasteiger partial charge is 0.378 e. The lowest BCUT2D eigenvalue weighted by molar-refractivity contribution is 0.559. The van der Waals surface area contributed by atoms with E-state index in [9.17, 15) is 17.2 Å². The van der Waals surface area contributed by atoms with Gasteiger partial charge < -0.3 is 9.88 Å². The van der Waals surface area contributed by atoms with Crippen molar-refractivity contribution in [1.29, 1.82) is 0 Å². The zero-order valence-electron chi connectivity index (χ0n) is 17.6. The zero-order chi connectivity index (χ0) is 22.9. The molecule has 4 rings (SSSR count). The summed E-state index contributed by atoms with van der Waals surface area (Å²) < 4.78 is 55.3. The number of benzene rings is 3. The molecule has 2 N–H and O–H groups in total. The van der Waals surface area contributed by atoms with Crippen molar-refractivity contribution in [3.8, 4) is 0 Å². The maximum atomic E-state index is 13.6. The molecule has 0 amide bonds. The Morgan fingerprint density at radius 3 is 2.28 bits per heavy atom. The first-order valence-electron chi connectivity index (χ1n) is 10.0. The minimum atomic E-state index is -4.12. The van der Waals surface area contributed by atoms with Crippen LogP contribution in [0.5, 0.6) is 0 Å². The maximum absolute atomic E-state index is 13.6. The molecule has 1 aromatic heterocycles. The first-order valence-corrected chi connectivity index (χ1v) is 11.5. The van der Waals surface area contributed by atoms with Crippen LogP contribution in [-0.2, 0) is 10.0 Å². The van der Waals surface area contributed by atoms with Crippen LogP contribution in [0.2, 0.25) is 0 Å². The number of nitrogens with one attached hydrogen (secondary N) is 2. The van der Waals surface area contributed by atoms with Crippen LogP contribution < -0.4 is 9.62 Å². The highest BCUT2D eigenvalue weighted by Gasteiger charge is 2.23. The highest BCUT2D eigenvalue weighted by Crippen LogP contribution is 2.32. The van der Waals surface area contributed by atoms with Crippen LogP contribution in [0.3, 0.4) is 0 Å². The fourth-order valence-electron chi connectivity index (χ4n) is 3.75. The van der Waals surface area contributed by atoms with Gasteiger partial charge in [0.25, 0.3) is 0 Å². The van der Waals surface area contributed by atoms with Gasteiger partial charge >= 0.3 is 0 Å². The second-order valence-electron chi connectivity index (χ2n) is 7.79. The van der Waals surface area contributed by atoms with Gasteiger partial charge in [0, 0.05) is 55.4 Å². The highest BCUT2D eigenvalue weighted by molar-refractivity contribution is 7.89. The quantitative estimate of drug-likeness (QED) is 0.427. The van der Waals surface area contributed by atoms with Crippen LogP contribution >= 0.6 is 0 Å². The molecule has 0 radical (unpaired) electrons. The van der Waals surface area contributed by atoms with E-state index in [4.69, 9.17) is 0 Å². The van der Waals surface area contributed by atoms with Crippen molar-refractivity contribution < 1.29 is 17.2 Å². The van der Waals surface area contributed by atoms with Gasteiger partial charge in [0.2, 0.25) is 10.0 Å². The van der Waals surface area contributed by atoms with E-state index in [0.29, 0.717) is 6.07 Å². The normalized spacial score (nSPS) is 12.8. The van der Waals surface area contributed by atoms with Crippen molar-refractivity contribution in [2.24, 2.45) is 0 Å². The molecule has 166 valence electrons. The number of aromatic amines is 1. The summed E-state index contributed by atoms with van der Waals surface area (Å²) >= 11 is 0. The van der Waals surface area contributed by atoms with E-state index in [1.165, 1.54) is 0 Å². The fraction of sp³-hybridized carbons (Fsp3) is 0.167. The first kappa shape index (κ1) is 22.0. The van der Waals surface area contributed by atoms with Gasteiger partial charge in [-0.2, -0.15) is 0 Å². The van der Waals surface area contributed by atoms with Gasteiger partial charge in [0.15, 0.2) is 0 Å². The van der Waals surface area contributed by atoms with Crippen LogP contribution in [0, 0.1) is 11.6 Å². The Kier molecular flexibility index (Phi) is 5.99. The van der Waals surface area contributed by atoms with Gasteiger partial charge in [0.1, 0.15) is 11.6 Å². The molecule has 4 aromatic rings. The van der Waals surface area contributed by atoms with E-state index in [0.717, 1.165) is 39.8 Å². The molecule has 0 bridgehead atoms. The molecule has 1 atom stereocenters. The summed E-state index contributed by atoms with van der Waals surface area (Å²) in [6.07, 6.45) is 1.87. The number of fused-ring (bicyclic) bond motifs is 1. The molecule has 0 aliphatic heterocycles. The van der Waals surface area contributed by atoms with E-state index in [2.05, 4.69) is 9.71 Å². The number of sulfonamides is 1. The summed E-state index contributed by atoms with van der Waals surface area (Å²) in [4.78, 5) is 4.76. The maximum Gasteiger partial charge on any atom is 0.240 e.